The summed E-state index contributed by atoms with van der Waals surface area (Å²) in [7, 11) is 1.48. The van der Waals surface area contributed by atoms with E-state index in [2.05, 4.69) is 15.3 Å². The van der Waals surface area contributed by atoms with Crippen LogP contribution in [0.15, 0.2) is 6.07 Å². The first-order valence-electron chi connectivity index (χ1n) is 5.35. The lowest BCUT2D eigenvalue weighted by Crippen LogP contribution is -2.26. The van der Waals surface area contributed by atoms with E-state index >= 15 is 0 Å². The van der Waals surface area contributed by atoms with Gasteiger partial charge in [0.05, 0.1) is 12.6 Å². The Balaban J connectivity index is 2.85. The third-order valence-corrected chi connectivity index (χ3v) is 2.38. The van der Waals surface area contributed by atoms with Crippen LogP contribution in [0.2, 0.25) is 5.15 Å². The van der Waals surface area contributed by atoms with Crippen molar-refractivity contribution in [2.45, 2.75) is 18.6 Å². The largest absolute Gasteiger partial charge is 0.451 e. The van der Waals surface area contributed by atoms with Crippen molar-refractivity contribution >= 4 is 17.4 Å². The molecule has 0 spiro atoms. The second kappa shape index (κ2) is 6.88. The molecule has 0 aliphatic heterocycles. The van der Waals surface area contributed by atoms with Crippen molar-refractivity contribution in [3.05, 3.63) is 17.0 Å². The summed E-state index contributed by atoms with van der Waals surface area (Å²) in [4.78, 5) is 6.42. The first-order chi connectivity index (χ1) is 8.86. The van der Waals surface area contributed by atoms with E-state index in [1.807, 2.05) is 0 Å². The summed E-state index contributed by atoms with van der Waals surface area (Å²) >= 11 is 5.51. The van der Waals surface area contributed by atoms with E-state index in [1.165, 1.54) is 7.11 Å². The van der Waals surface area contributed by atoms with Crippen molar-refractivity contribution in [2.24, 2.45) is 0 Å². The highest BCUT2D eigenvalue weighted by atomic mass is 35.5. The zero-order chi connectivity index (χ0) is 14.5. The molecule has 9 heteroatoms. The highest BCUT2D eigenvalue weighted by Gasteiger charge is 2.35. The molecule has 0 aliphatic carbocycles. The molecule has 2 N–H and O–H groups in total. The number of aliphatic hydroxyl groups excluding tert-OH is 1. The fourth-order valence-electron chi connectivity index (χ4n) is 1.30. The number of hydrogen-bond donors (Lipinski definition) is 2. The Bertz CT molecular complexity index is 417. The van der Waals surface area contributed by atoms with Crippen LogP contribution >= 0.6 is 11.6 Å². The Morgan fingerprint density at radius 3 is 2.68 bits per heavy atom. The molecule has 1 unspecified atom stereocenters. The van der Waals surface area contributed by atoms with E-state index in [9.17, 15) is 13.2 Å². The van der Waals surface area contributed by atoms with E-state index < -0.39 is 18.0 Å². The van der Waals surface area contributed by atoms with Gasteiger partial charge in [0.2, 0.25) is 5.82 Å². The van der Waals surface area contributed by atoms with Gasteiger partial charge in [-0.05, 0) is 6.42 Å². The molecule has 1 atom stereocenters. The lowest BCUT2D eigenvalue weighted by Gasteiger charge is -2.17. The number of alkyl halides is 3. The van der Waals surface area contributed by atoms with Crippen molar-refractivity contribution in [1.29, 1.82) is 0 Å². The number of halogens is 4. The van der Waals surface area contributed by atoms with Gasteiger partial charge in [-0.1, -0.05) is 11.6 Å². The second-order valence-electron chi connectivity index (χ2n) is 3.70. The first kappa shape index (κ1) is 15.9. The molecule has 0 fully saturated rings. The standard InChI is InChI=1S/C10H13ClF3N3O2/c1-19-3-2-6(5-18)15-8-4-7(11)16-9(17-8)10(12,13)14/h4,6,18H,2-3,5H2,1H3,(H,15,16,17). The smallest absolute Gasteiger partial charge is 0.394 e. The molecule has 0 aliphatic rings. The summed E-state index contributed by atoms with van der Waals surface area (Å²) in [5.41, 5.74) is 0. The van der Waals surface area contributed by atoms with Crippen LogP contribution in [0.1, 0.15) is 12.2 Å². The maximum atomic E-state index is 12.5. The lowest BCUT2D eigenvalue weighted by molar-refractivity contribution is -0.144. The maximum Gasteiger partial charge on any atom is 0.451 e. The fraction of sp³-hybridized carbons (Fsp3) is 0.600. The molecule has 0 bridgehead atoms. The number of rotatable bonds is 6. The van der Waals surface area contributed by atoms with Crippen molar-refractivity contribution in [3.8, 4) is 0 Å². The highest BCUT2D eigenvalue weighted by molar-refractivity contribution is 6.29. The molecule has 108 valence electrons. The Morgan fingerprint density at radius 2 is 2.16 bits per heavy atom. The topological polar surface area (TPSA) is 67.3 Å². The first-order valence-corrected chi connectivity index (χ1v) is 5.72. The number of nitrogens with zero attached hydrogens (tertiary/aromatic N) is 2. The predicted molar refractivity (Wildman–Crippen MR) is 63.0 cm³/mol. The van der Waals surface area contributed by atoms with Gasteiger partial charge in [0.1, 0.15) is 11.0 Å². The van der Waals surface area contributed by atoms with Crippen LogP contribution in [-0.4, -0.2) is 41.4 Å². The van der Waals surface area contributed by atoms with E-state index in [0.717, 1.165) is 6.07 Å². The van der Waals surface area contributed by atoms with E-state index in [4.69, 9.17) is 21.4 Å². The zero-order valence-electron chi connectivity index (χ0n) is 10.0. The predicted octanol–water partition coefficient (Wildman–Crippen LogP) is 1.96. The van der Waals surface area contributed by atoms with E-state index in [1.54, 1.807) is 0 Å². The van der Waals surface area contributed by atoms with Gasteiger partial charge in [-0.15, -0.1) is 0 Å². The minimum atomic E-state index is -4.68. The number of methoxy groups -OCH3 is 1. The van der Waals surface area contributed by atoms with Crippen molar-refractivity contribution < 1.29 is 23.0 Å². The summed E-state index contributed by atoms with van der Waals surface area (Å²) < 4.78 is 42.3. The Kier molecular flexibility index (Phi) is 5.77. The van der Waals surface area contributed by atoms with Gasteiger partial charge >= 0.3 is 6.18 Å². The van der Waals surface area contributed by atoms with E-state index in [-0.39, 0.29) is 17.6 Å². The maximum absolute atomic E-state index is 12.5. The van der Waals surface area contributed by atoms with Gasteiger partial charge in [0.15, 0.2) is 0 Å². The van der Waals surface area contributed by atoms with Gasteiger partial charge in [0, 0.05) is 19.8 Å². The molecule has 0 saturated heterocycles. The molecule has 0 amide bonds. The molecule has 1 heterocycles. The second-order valence-corrected chi connectivity index (χ2v) is 4.09. The van der Waals surface area contributed by atoms with Crippen molar-refractivity contribution in [1.82, 2.24) is 9.97 Å². The number of aromatic nitrogens is 2. The quantitative estimate of drug-likeness (QED) is 0.786. The molecule has 1 rings (SSSR count). The van der Waals surface area contributed by atoms with Crippen LogP contribution in [0.4, 0.5) is 19.0 Å². The summed E-state index contributed by atoms with van der Waals surface area (Å²) in [6.45, 7) is 0.0789. The van der Waals surface area contributed by atoms with Crippen LogP contribution in [0.25, 0.3) is 0 Å². The number of ether oxygens (including phenoxy) is 1. The average molecular weight is 300 g/mol. The van der Waals surface area contributed by atoms with E-state index in [0.29, 0.717) is 13.0 Å². The summed E-state index contributed by atoms with van der Waals surface area (Å²) in [6, 6.07) is 0.679. The summed E-state index contributed by atoms with van der Waals surface area (Å²) in [5, 5.41) is 11.4. The monoisotopic (exact) mass is 299 g/mol. The van der Waals surface area contributed by atoms with Gasteiger partial charge < -0.3 is 15.2 Å². The number of nitrogens with one attached hydrogen (secondary N) is 1. The molecule has 1 aromatic heterocycles. The molecule has 0 saturated carbocycles. The molecule has 0 aromatic carbocycles. The minimum absolute atomic E-state index is 0.0949. The molecular formula is C10H13ClF3N3O2. The van der Waals surface area contributed by atoms with Crippen molar-refractivity contribution in [3.63, 3.8) is 0 Å². The van der Waals surface area contributed by atoms with Crippen LogP contribution in [-0.2, 0) is 10.9 Å². The fourth-order valence-corrected chi connectivity index (χ4v) is 1.48. The third-order valence-electron chi connectivity index (χ3n) is 2.19. The summed E-state index contributed by atoms with van der Waals surface area (Å²) in [6.07, 6.45) is -4.27. The average Bonchev–Trinajstić information content (AvgIpc) is 2.32. The Morgan fingerprint density at radius 1 is 1.47 bits per heavy atom. The molecule has 1 aromatic rings. The molecular weight excluding hydrogens is 287 g/mol. The van der Waals surface area contributed by atoms with Gasteiger partial charge in [0.25, 0.3) is 0 Å². The zero-order valence-corrected chi connectivity index (χ0v) is 10.8. The Hall–Kier alpha value is -1.12. The molecule has 19 heavy (non-hydrogen) atoms. The van der Waals surface area contributed by atoms with Gasteiger partial charge in [-0.3, -0.25) is 0 Å². The van der Waals surface area contributed by atoms with Crippen LogP contribution in [0, 0.1) is 0 Å². The van der Waals surface area contributed by atoms with Gasteiger partial charge in [-0.2, -0.15) is 13.2 Å². The SMILES string of the molecule is COCCC(CO)Nc1cc(Cl)nc(C(F)(F)F)n1. The van der Waals surface area contributed by atoms with Crippen LogP contribution in [0.3, 0.4) is 0 Å². The Labute approximate surface area is 112 Å². The van der Waals surface area contributed by atoms with Crippen LogP contribution in [0.5, 0.6) is 0 Å². The van der Waals surface area contributed by atoms with Crippen LogP contribution < -0.4 is 5.32 Å². The third kappa shape index (κ3) is 5.17. The number of hydrogen-bond acceptors (Lipinski definition) is 5. The number of anilines is 1. The molecule has 5 nitrogen and oxygen atoms in total. The lowest BCUT2D eigenvalue weighted by atomic mass is 10.2. The minimum Gasteiger partial charge on any atom is -0.394 e. The number of aliphatic hydroxyl groups is 1. The van der Waals surface area contributed by atoms with Crippen molar-refractivity contribution in [2.75, 3.05) is 25.6 Å². The highest BCUT2D eigenvalue weighted by Crippen LogP contribution is 2.28. The molecule has 0 radical (unpaired) electrons. The normalized spacial score (nSPS) is 13.4. The summed E-state index contributed by atoms with van der Waals surface area (Å²) in [5.74, 6) is -1.42. The van der Waals surface area contributed by atoms with Gasteiger partial charge in [-0.25, -0.2) is 9.97 Å².